The normalized spacial score (nSPS) is 11.0. The summed E-state index contributed by atoms with van der Waals surface area (Å²) in [4.78, 5) is 16.9. The molecule has 0 bridgehead atoms. The topological polar surface area (TPSA) is 90.5 Å². The summed E-state index contributed by atoms with van der Waals surface area (Å²) in [5.74, 6) is 1.23. The van der Waals surface area contributed by atoms with Gasteiger partial charge in [-0.2, -0.15) is 5.10 Å². The molecule has 0 saturated carbocycles. The average molecular weight is 339 g/mol. The molecule has 3 aromatic heterocycles. The van der Waals surface area contributed by atoms with Gasteiger partial charge in [0.25, 0.3) is 5.91 Å². The third-order valence-corrected chi connectivity index (χ3v) is 3.93. The Hall–Kier alpha value is -3.03. The van der Waals surface area contributed by atoms with E-state index < -0.39 is 0 Å². The Morgan fingerprint density at radius 3 is 2.84 bits per heavy atom. The summed E-state index contributed by atoms with van der Waals surface area (Å²) in [6.07, 6.45) is 5.62. The van der Waals surface area contributed by atoms with E-state index in [2.05, 4.69) is 25.6 Å². The maximum atomic E-state index is 12.6. The van der Waals surface area contributed by atoms with Gasteiger partial charge < -0.3 is 9.88 Å². The summed E-state index contributed by atoms with van der Waals surface area (Å²) in [7, 11) is 0. The van der Waals surface area contributed by atoms with Crippen LogP contribution in [0.2, 0.25) is 0 Å². The van der Waals surface area contributed by atoms with E-state index in [1.807, 2.05) is 43.5 Å². The maximum absolute atomic E-state index is 12.6. The zero-order valence-corrected chi connectivity index (χ0v) is 14.5. The van der Waals surface area contributed by atoms with Crippen molar-refractivity contribution >= 4 is 5.91 Å². The highest BCUT2D eigenvalue weighted by Gasteiger charge is 2.18. The molecule has 0 saturated heterocycles. The van der Waals surface area contributed by atoms with Crippen LogP contribution in [0.1, 0.15) is 48.7 Å². The minimum absolute atomic E-state index is 0.183. The first-order valence-electron chi connectivity index (χ1n) is 8.26. The molecule has 0 spiro atoms. The first kappa shape index (κ1) is 16.8. The molecule has 130 valence electrons. The molecule has 1 amide bonds. The van der Waals surface area contributed by atoms with Crippen LogP contribution in [0.15, 0.2) is 36.9 Å². The van der Waals surface area contributed by atoms with Crippen molar-refractivity contribution in [1.29, 1.82) is 0 Å². The molecule has 3 aromatic rings. The molecule has 0 aromatic carbocycles. The van der Waals surface area contributed by atoms with Gasteiger partial charge in [0, 0.05) is 12.2 Å². The average Bonchev–Trinajstić information content (AvgIpc) is 3.27. The Balaban J connectivity index is 1.79. The van der Waals surface area contributed by atoms with E-state index in [9.17, 15) is 4.79 Å². The van der Waals surface area contributed by atoms with Gasteiger partial charge in [0.1, 0.15) is 6.33 Å². The third-order valence-electron chi connectivity index (χ3n) is 3.93. The number of hydrogen-bond acceptors (Lipinski definition) is 5. The Morgan fingerprint density at radius 1 is 1.32 bits per heavy atom. The number of rotatable bonds is 6. The van der Waals surface area contributed by atoms with Gasteiger partial charge in [0.15, 0.2) is 11.6 Å². The van der Waals surface area contributed by atoms with Gasteiger partial charge in [-0.15, -0.1) is 10.2 Å². The number of nitrogens with one attached hydrogen (secondary N) is 1. The molecule has 0 aliphatic rings. The first-order chi connectivity index (χ1) is 12.1. The second-order valence-corrected chi connectivity index (χ2v) is 5.89. The Kier molecular flexibility index (Phi) is 4.87. The second-order valence-electron chi connectivity index (χ2n) is 5.89. The Labute approximate surface area is 145 Å². The number of carbonyl (C=O) groups excluding carboxylic acids is 1. The zero-order valence-electron chi connectivity index (χ0n) is 14.5. The SMILES string of the molecule is CCc1c(C(=O)NCc2nncn2C(C)C)cnn1-c1ccccn1. The van der Waals surface area contributed by atoms with Crippen LogP contribution in [0.4, 0.5) is 0 Å². The number of amides is 1. The molecule has 25 heavy (non-hydrogen) atoms. The minimum Gasteiger partial charge on any atom is -0.345 e. The number of nitrogens with zero attached hydrogens (tertiary/aromatic N) is 6. The van der Waals surface area contributed by atoms with E-state index in [0.29, 0.717) is 24.3 Å². The number of carbonyl (C=O) groups is 1. The van der Waals surface area contributed by atoms with E-state index in [1.165, 1.54) is 0 Å². The lowest BCUT2D eigenvalue weighted by Crippen LogP contribution is -2.26. The molecular formula is C17H21N7O. The molecule has 0 unspecified atom stereocenters. The second kappa shape index (κ2) is 7.25. The van der Waals surface area contributed by atoms with Crippen molar-refractivity contribution in [3.05, 3.63) is 54.0 Å². The minimum atomic E-state index is -0.183. The van der Waals surface area contributed by atoms with Crippen molar-refractivity contribution in [2.24, 2.45) is 0 Å². The quantitative estimate of drug-likeness (QED) is 0.741. The highest BCUT2D eigenvalue weighted by Crippen LogP contribution is 2.14. The van der Waals surface area contributed by atoms with Gasteiger partial charge in [-0.1, -0.05) is 13.0 Å². The van der Waals surface area contributed by atoms with Crippen molar-refractivity contribution in [2.45, 2.75) is 39.8 Å². The van der Waals surface area contributed by atoms with Crippen LogP contribution in [-0.2, 0) is 13.0 Å². The van der Waals surface area contributed by atoms with Crippen molar-refractivity contribution < 1.29 is 4.79 Å². The predicted octanol–water partition coefficient (Wildman–Crippen LogP) is 1.93. The molecule has 3 heterocycles. The van der Waals surface area contributed by atoms with Crippen molar-refractivity contribution in [3.63, 3.8) is 0 Å². The molecule has 0 aliphatic carbocycles. The lowest BCUT2D eigenvalue weighted by atomic mass is 10.2. The van der Waals surface area contributed by atoms with E-state index in [1.54, 1.807) is 23.4 Å². The van der Waals surface area contributed by atoms with Crippen LogP contribution in [0.5, 0.6) is 0 Å². The van der Waals surface area contributed by atoms with Gasteiger partial charge in [0.05, 0.1) is 24.0 Å². The fourth-order valence-corrected chi connectivity index (χ4v) is 2.66. The van der Waals surface area contributed by atoms with Gasteiger partial charge in [0.2, 0.25) is 0 Å². The Morgan fingerprint density at radius 2 is 2.16 bits per heavy atom. The molecule has 1 N–H and O–H groups in total. The zero-order chi connectivity index (χ0) is 17.8. The summed E-state index contributed by atoms with van der Waals surface area (Å²) in [5, 5.41) is 15.2. The van der Waals surface area contributed by atoms with Crippen LogP contribution in [0.3, 0.4) is 0 Å². The molecule has 0 radical (unpaired) electrons. The lowest BCUT2D eigenvalue weighted by Gasteiger charge is -2.11. The molecule has 0 atom stereocenters. The fourth-order valence-electron chi connectivity index (χ4n) is 2.66. The lowest BCUT2D eigenvalue weighted by molar-refractivity contribution is 0.0948. The van der Waals surface area contributed by atoms with Crippen molar-refractivity contribution in [2.75, 3.05) is 0 Å². The van der Waals surface area contributed by atoms with Crippen molar-refractivity contribution in [1.82, 2.24) is 34.8 Å². The molecule has 3 rings (SSSR count). The summed E-state index contributed by atoms with van der Waals surface area (Å²) in [6.45, 7) is 6.39. The number of pyridine rings is 1. The summed E-state index contributed by atoms with van der Waals surface area (Å²) < 4.78 is 3.63. The van der Waals surface area contributed by atoms with Gasteiger partial charge in [-0.25, -0.2) is 9.67 Å². The monoisotopic (exact) mass is 339 g/mol. The molecule has 0 aliphatic heterocycles. The first-order valence-corrected chi connectivity index (χ1v) is 8.26. The highest BCUT2D eigenvalue weighted by molar-refractivity contribution is 5.95. The van der Waals surface area contributed by atoms with E-state index in [0.717, 1.165) is 11.5 Å². The fraction of sp³-hybridized carbons (Fsp3) is 0.353. The van der Waals surface area contributed by atoms with Crippen LogP contribution >= 0.6 is 0 Å². The predicted molar refractivity (Wildman–Crippen MR) is 92.3 cm³/mol. The van der Waals surface area contributed by atoms with Crippen molar-refractivity contribution in [3.8, 4) is 5.82 Å². The van der Waals surface area contributed by atoms with Crippen LogP contribution in [0, 0.1) is 0 Å². The third kappa shape index (κ3) is 3.42. The number of aromatic nitrogens is 6. The molecule has 8 nitrogen and oxygen atoms in total. The van der Waals surface area contributed by atoms with Crippen LogP contribution in [0.25, 0.3) is 5.82 Å². The van der Waals surface area contributed by atoms with E-state index in [4.69, 9.17) is 0 Å². The summed E-state index contributed by atoms with van der Waals surface area (Å²) in [6, 6.07) is 5.83. The maximum Gasteiger partial charge on any atom is 0.255 e. The Bertz CT molecular complexity index is 851. The molecule has 0 fully saturated rings. The van der Waals surface area contributed by atoms with E-state index >= 15 is 0 Å². The summed E-state index contributed by atoms with van der Waals surface area (Å²) in [5.41, 5.74) is 1.37. The number of hydrogen-bond donors (Lipinski definition) is 1. The standard InChI is InChI=1S/C17H21N7O/c1-4-14-13(9-21-24(14)15-7-5-6-8-18-15)17(25)19-10-16-22-20-11-23(16)12(2)3/h5-9,11-12H,4,10H2,1-3H3,(H,19,25). The largest absolute Gasteiger partial charge is 0.345 e. The smallest absolute Gasteiger partial charge is 0.255 e. The van der Waals surface area contributed by atoms with E-state index in [-0.39, 0.29) is 11.9 Å². The highest BCUT2D eigenvalue weighted by atomic mass is 16.1. The van der Waals surface area contributed by atoms with Crippen LogP contribution < -0.4 is 5.32 Å². The van der Waals surface area contributed by atoms with Gasteiger partial charge >= 0.3 is 0 Å². The van der Waals surface area contributed by atoms with Gasteiger partial charge in [-0.05, 0) is 32.4 Å². The summed E-state index contributed by atoms with van der Waals surface area (Å²) >= 11 is 0. The molecule has 8 heteroatoms. The van der Waals surface area contributed by atoms with Crippen LogP contribution in [-0.4, -0.2) is 35.4 Å². The van der Waals surface area contributed by atoms with Gasteiger partial charge in [-0.3, -0.25) is 4.79 Å². The molecular weight excluding hydrogens is 318 g/mol.